The third-order valence-corrected chi connectivity index (χ3v) is 11.7. The Balaban J connectivity index is 2.20. The van der Waals surface area contributed by atoms with Crippen LogP contribution in [0.1, 0.15) is 47.5 Å². The summed E-state index contributed by atoms with van der Waals surface area (Å²) >= 11 is 0. The summed E-state index contributed by atoms with van der Waals surface area (Å²) in [5.74, 6) is 0.125. The van der Waals surface area contributed by atoms with Gasteiger partial charge in [-0.15, -0.1) is 6.58 Å². The van der Waals surface area contributed by atoms with Crippen LogP contribution in [0.2, 0.25) is 5.04 Å². The molecule has 1 heterocycles. The van der Waals surface area contributed by atoms with E-state index in [1.165, 1.54) is 10.4 Å². The number of nitrogens with one attached hydrogen (secondary N) is 1. The van der Waals surface area contributed by atoms with E-state index in [4.69, 9.17) is 4.43 Å². The second-order valence-corrected chi connectivity index (χ2v) is 13.8. The van der Waals surface area contributed by atoms with Gasteiger partial charge in [-0.05, 0) is 28.8 Å². The normalized spacial score (nSPS) is 23.1. The number of amides is 1. The van der Waals surface area contributed by atoms with Crippen molar-refractivity contribution < 1.29 is 9.22 Å². The molecule has 0 aromatic heterocycles. The lowest BCUT2D eigenvalue weighted by atomic mass is 9.81. The molecule has 2 aromatic carbocycles. The summed E-state index contributed by atoms with van der Waals surface area (Å²) in [4.78, 5) is 12.3. The van der Waals surface area contributed by atoms with Crippen molar-refractivity contribution >= 4 is 24.6 Å². The van der Waals surface area contributed by atoms with Crippen molar-refractivity contribution in [3.63, 3.8) is 0 Å². The van der Waals surface area contributed by atoms with Crippen molar-refractivity contribution in [1.29, 1.82) is 0 Å². The first-order chi connectivity index (χ1) is 14.2. The first kappa shape index (κ1) is 22.5. The van der Waals surface area contributed by atoms with Crippen molar-refractivity contribution in [2.45, 2.75) is 64.1 Å². The van der Waals surface area contributed by atoms with Gasteiger partial charge in [-0.25, -0.2) is 0 Å². The first-order valence-electron chi connectivity index (χ1n) is 10.9. The lowest BCUT2D eigenvalue weighted by Gasteiger charge is -2.49. The zero-order valence-corrected chi connectivity index (χ0v) is 19.9. The predicted octanol–water partition coefficient (Wildman–Crippen LogP) is 4.42. The third-order valence-electron chi connectivity index (χ3n) is 6.64. The number of hydrogen-bond acceptors (Lipinski definition) is 2. The smallest absolute Gasteiger partial charge is 0.261 e. The molecule has 0 bridgehead atoms. The van der Waals surface area contributed by atoms with Gasteiger partial charge in [0.15, 0.2) is 0 Å². The van der Waals surface area contributed by atoms with Gasteiger partial charge >= 0.3 is 0 Å². The highest BCUT2D eigenvalue weighted by Crippen LogP contribution is 2.42. The molecule has 0 radical (unpaired) electrons. The van der Waals surface area contributed by atoms with E-state index < -0.39 is 13.9 Å². The highest BCUT2D eigenvalue weighted by Gasteiger charge is 2.55. The van der Waals surface area contributed by atoms with E-state index in [2.05, 4.69) is 107 Å². The van der Waals surface area contributed by atoms with Gasteiger partial charge in [-0.2, -0.15) is 0 Å². The van der Waals surface area contributed by atoms with Crippen molar-refractivity contribution in [3.8, 4) is 0 Å². The minimum atomic E-state index is -2.70. The second-order valence-electron chi connectivity index (χ2n) is 9.56. The minimum absolute atomic E-state index is 0.0492. The zero-order valence-electron chi connectivity index (χ0n) is 18.9. The van der Waals surface area contributed by atoms with Crippen molar-refractivity contribution in [3.05, 3.63) is 73.3 Å². The summed E-state index contributed by atoms with van der Waals surface area (Å²) in [6, 6.07) is 21.3. The molecule has 1 aliphatic rings. The molecule has 0 aliphatic carbocycles. The summed E-state index contributed by atoms with van der Waals surface area (Å²) in [5, 5.41) is 5.65. The number of benzene rings is 2. The van der Waals surface area contributed by atoms with Gasteiger partial charge in [0.2, 0.25) is 5.91 Å². The predicted molar refractivity (Wildman–Crippen MR) is 128 cm³/mol. The van der Waals surface area contributed by atoms with Gasteiger partial charge in [0.1, 0.15) is 0 Å². The van der Waals surface area contributed by atoms with Crippen molar-refractivity contribution in [2.24, 2.45) is 5.92 Å². The SMILES string of the molecule is C=C[C@H]1CC(=O)N[C@]1(C)[C@@H](CC)O[Si](c1ccccc1)(c1ccccc1)C(C)(C)C. The number of rotatable bonds is 7. The van der Waals surface area contributed by atoms with Crippen LogP contribution in [0, 0.1) is 5.92 Å². The topological polar surface area (TPSA) is 38.3 Å². The van der Waals surface area contributed by atoms with Gasteiger partial charge < -0.3 is 9.74 Å². The van der Waals surface area contributed by atoms with Gasteiger partial charge in [-0.3, -0.25) is 4.79 Å². The van der Waals surface area contributed by atoms with Crippen LogP contribution >= 0.6 is 0 Å². The van der Waals surface area contributed by atoms with Gasteiger partial charge in [-0.1, -0.05) is 94.4 Å². The van der Waals surface area contributed by atoms with Gasteiger partial charge in [0.05, 0.1) is 11.6 Å². The summed E-state index contributed by atoms with van der Waals surface area (Å²) in [6.07, 6.45) is 3.07. The molecule has 3 rings (SSSR count). The number of hydrogen-bond donors (Lipinski definition) is 1. The average molecular weight is 422 g/mol. The van der Waals surface area contributed by atoms with Crippen LogP contribution in [0.4, 0.5) is 0 Å². The molecule has 1 amide bonds. The molecule has 30 heavy (non-hydrogen) atoms. The Kier molecular flexibility index (Phi) is 6.39. The molecule has 0 spiro atoms. The second kappa shape index (κ2) is 8.52. The summed E-state index contributed by atoms with van der Waals surface area (Å²) in [5.41, 5.74) is -0.472. The van der Waals surface area contributed by atoms with E-state index in [9.17, 15) is 4.79 Å². The van der Waals surface area contributed by atoms with E-state index in [1.54, 1.807) is 0 Å². The molecule has 3 nitrogen and oxygen atoms in total. The molecule has 0 unspecified atom stereocenters. The molecule has 1 fully saturated rings. The number of carbonyl (C=O) groups excluding carboxylic acids is 1. The Morgan fingerprint density at radius 1 is 1.13 bits per heavy atom. The summed E-state index contributed by atoms with van der Waals surface area (Å²) in [6.45, 7) is 15.1. The largest absolute Gasteiger partial charge is 0.402 e. The first-order valence-corrected chi connectivity index (χ1v) is 12.8. The fourth-order valence-corrected chi connectivity index (χ4v) is 9.89. The average Bonchev–Trinajstić information content (AvgIpc) is 3.03. The van der Waals surface area contributed by atoms with E-state index in [0.29, 0.717) is 6.42 Å². The highest BCUT2D eigenvalue weighted by atomic mass is 28.4. The fraction of sp³-hybridized carbons (Fsp3) is 0.423. The van der Waals surface area contributed by atoms with Crippen LogP contribution in [-0.4, -0.2) is 25.9 Å². The third kappa shape index (κ3) is 3.79. The maximum absolute atomic E-state index is 12.3. The Bertz CT molecular complexity index is 835. The Labute approximate surface area is 182 Å². The zero-order chi connectivity index (χ0) is 22.0. The molecule has 1 N–H and O–H groups in total. The Morgan fingerprint density at radius 2 is 1.63 bits per heavy atom. The maximum Gasteiger partial charge on any atom is 0.261 e. The molecule has 0 saturated carbocycles. The molecule has 2 aromatic rings. The molecule has 160 valence electrons. The van der Waals surface area contributed by atoms with E-state index in [0.717, 1.165) is 6.42 Å². The van der Waals surface area contributed by atoms with Gasteiger partial charge in [0.25, 0.3) is 8.32 Å². The molecular formula is C26H35NO2Si. The van der Waals surface area contributed by atoms with Crippen LogP contribution in [-0.2, 0) is 9.22 Å². The highest BCUT2D eigenvalue weighted by molar-refractivity contribution is 6.99. The molecule has 1 aliphatic heterocycles. The quantitative estimate of drug-likeness (QED) is 0.531. The van der Waals surface area contributed by atoms with Crippen LogP contribution in [0.5, 0.6) is 0 Å². The summed E-state index contributed by atoms with van der Waals surface area (Å²) < 4.78 is 7.37. The van der Waals surface area contributed by atoms with Gasteiger partial charge in [0, 0.05) is 12.3 Å². The Hall–Kier alpha value is -2.17. The van der Waals surface area contributed by atoms with Crippen molar-refractivity contribution in [1.82, 2.24) is 5.32 Å². The van der Waals surface area contributed by atoms with Crippen LogP contribution in [0.25, 0.3) is 0 Å². The fourth-order valence-electron chi connectivity index (χ4n) is 5.04. The number of carbonyl (C=O) groups is 1. The van der Waals surface area contributed by atoms with Crippen LogP contribution in [0.15, 0.2) is 73.3 Å². The van der Waals surface area contributed by atoms with Crippen LogP contribution < -0.4 is 15.7 Å². The van der Waals surface area contributed by atoms with E-state index >= 15 is 0 Å². The molecular weight excluding hydrogens is 386 g/mol. The standard InChI is InChI=1S/C26H35NO2Si/c1-7-20-19-24(28)27-26(20,6)23(8-2)29-30(25(3,4)5,21-15-11-9-12-16-21)22-17-13-10-14-18-22/h7,9-18,20,23H,1,8,19H2,2-6H3,(H,27,28)/t20-,23+,26-/m0/s1. The Morgan fingerprint density at radius 3 is 2.03 bits per heavy atom. The lowest BCUT2D eigenvalue weighted by molar-refractivity contribution is -0.120. The lowest BCUT2D eigenvalue weighted by Crippen LogP contribution is -2.70. The molecule has 1 saturated heterocycles. The maximum atomic E-state index is 12.3. The van der Waals surface area contributed by atoms with Crippen LogP contribution in [0.3, 0.4) is 0 Å². The van der Waals surface area contributed by atoms with E-state index in [1.807, 2.05) is 6.08 Å². The molecule has 3 atom stereocenters. The minimum Gasteiger partial charge on any atom is -0.402 e. The van der Waals surface area contributed by atoms with E-state index in [-0.39, 0.29) is 23.0 Å². The summed E-state index contributed by atoms with van der Waals surface area (Å²) in [7, 11) is -2.70. The van der Waals surface area contributed by atoms with Crippen molar-refractivity contribution in [2.75, 3.05) is 0 Å². The monoisotopic (exact) mass is 421 g/mol. The molecule has 4 heteroatoms.